The van der Waals surface area contributed by atoms with Gasteiger partial charge in [0.05, 0.1) is 11.9 Å². The van der Waals surface area contributed by atoms with E-state index in [1.165, 1.54) is 0 Å². The van der Waals surface area contributed by atoms with Crippen LogP contribution in [0.4, 0.5) is 0 Å². The predicted molar refractivity (Wildman–Crippen MR) is 89.0 cm³/mol. The van der Waals surface area contributed by atoms with Gasteiger partial charge in [0, 0.05) is 16.6 Å². The first-order valence-electron chi connectivity index (χ1n) is 7.53. The van der Waals surface area contributed by atoms with Crippen molar-refractivity contribution < 1.29 is 4.52 Å². The van der Waals surface area contributed by atoms with Gasteiger partial charge in [-0.15, -0.1) is 0 Å². The average Bonchev–Trinajstić information content (AvgIpc) is 3.03. The van der Waals surface area contributed by atoms with E-state index in [2.05, 4.69) is 27.3 Å². The summed E-state index contributed by atoms with van der Waals surface area (Å²) in [6.07, 6.45) is 0.635. The van der Waals surface area contributed by atoms with Gasteiger partial charge in [-0.2, -0.15) is 4.98 Å². The van der Waals surface area contributed by atoms with Crippen molar-refractivity contribution in [1.82, 2.24) is 15.1 Å². The van der Waals surface area contributed by atoms with Crippen LogP contribution in [0.15, 0.2) is 65.2 Å². The number of nitrogens with zero attached hydrogens (tertiary/aromatic N) is 3. The Hall–Kier alpha value is -3.01. The van der Waals surface area contributed by atoms with Crippen LogP contribution in [0, 0.1) is 6.92 Å². The quantitative estimate of drug-likeness (QED) is 0.569. The highest BCUT2D eigenvalue weighted by Crippen LogP contribution is 2.26. The van der Waals surface area contributed by atoms with Crippen LogP contribution in [-0.4, -0.2) is 15.1 Å². The maximum absolute atomic E-state index is 5.43. The number of aromatic nitrogens is 3. The molecule has 2 aromatic carbocycles. The van der Waals surface area contributed by atoms with Crippen molar-refractivity contribution in [3.05, 3.63) is 77.8 Å². The van der Waals surface area contributed by atoms with E-state index in [1.54, 1.807) is 0 Å². The van der Waals surface area contributed by atoms with Crippen molar-refractivity contribution >= 4 is 10.9 Å². The van der Waals surface area contributed by atoms with Gasteiger partial charge in [-0.25, -0.2) is 0 Å². The van der Waals surface area contributed by atoms with E-state index in [0.717, 1.165) is 27.7 Å². The van der Waals surface area contributed by atoms with Gasteiger partial charge in [-0.05, 0) is 24.6 Å². The van der Waals surface area contributed by atoms with Crippen molar-refractivity contribution in [2.24, 2.45) is 0 Å². The van der Waals surface area contributed by atoms with E-state index < -0.39 is 0 Å². The molecule has 0 fully saturated rings. The molecule has 0 saturated carbocycles. The summed E-state index contributed by atoms with van der Waals surface area (Å²) in [6, 6.07) is 20.1. The molecule has 23 heavy (non-hydrogen) atoms. The van der Waals surface area contributed by atoms with Gasteiger partial charge in [0.1, 0.15) is 0 Å². The molecular weight excluding hydrogens is 286 g/mol. The Bertz CT molecular complexity index is 961. The second-order valence-corrected chi connectivity index (χ2v) is 5.50. The van der Waals surface area contributed by atoms with Crippen LogP contribution in [0.3, 0.4) is 0 Å². The third-order valence-corrected chi connectivity index (χ3v) is 3.75. The maximum atomic E-state index is 5.43. The monoisotopic (exact) mass is 301 g/mol. The number of hydrogen-bond donors (Lipinski definition) is 0. The summed E-state index contributed by atoms with van der Waals surface area (Å²) >= 11 is 0. The van der Waals surface area contributed by atoms with Crippen LogP contribution in [0.25, 0.3) is 22.3 Å². The molecule has 0 saturated heterocycles. The standard InChI is InChI=1S/C19H15N3O/c1-13-11-16(15-9-5-6-10-17(15)20-13)19-21-18(23-22-19)12-14-7-3-2-4-8-14/h2-11H,12H2,1H3. The van der Waals surface area contributed by atoms with E-state index in [1.807, 2.05) is 55.5 Å². The molecule has 112 valence electrons. The van der Waals surface area contributed by atoms with Crippen molar-refractivity contribution in [3.63, 3.8) is 0 Å². The first kappa shape index (κ1) is 13.6. The summed E-state index contributed by atoms with van der Waals surface area (Å²) in [7, 11) is 0. The topological polar surface area (TPSA) is 51.8 Å². The van der Waals surface area contributed by atoms with Crippen LogP contribution in [0.1, 0.15) is 17.1 Å². The fourth-order valence-corrected chi connectivity index (χ4v) is 2.70. The minimum atomic E-state index is 0.609. The molecule has 0 spiro atoms. The Kier molecular flexibility index (Phi) is 3.35. The van der Waals surface area contributed by atoms with Crippen LogP contribution in [0.2, 0.25) is 0 Å². The molecule has 0 aliphatic heterocycles. The van der Waals surface area contributed by atoms with E-state index in [4.69, 9.17) is 4.52 Å². The number of pyridine rings is 1. The lowest BCUT2D eigenvalue weighted by molar-refractivity contribution is 0.386. The molecule has 2 heterocycles. The van der Waals surface area contributed by atoms with Gasteiger partial charge in [-0.1, -0.05) is 53.7 Å². The Morgan fingerprint density at radius 1 is 0.913 bits per heavy atom. The minimum Gasteiger partial charge on any atom is -0.339 e. The predicted octanol–water partition coefficient (Wildman–Crippen LogP) is 4.18. The molecule has 4 heteroatoms. The highest BCUT2D eigenvalue weighted by Gasteiger charge is 2.13. The van der Waals surface area contributed by atoms with E-state index in [9.17, 15) is 0 Å². The molecule has 0 amide bonds. The highest BCUT2D eigenvalue weighted by molar-refractivity contribution is 5.92. The largest absolute Gasteiger partial charge is 0.339 e. The number of para-hydroxylation sites is 1. The van der Waals surface area contributed by atoms with Gasteiger partial charge in [0.15, 0.2) is 0 Å². The Morgan fingerprint density at radius 3 is 2.57 bits per heavy atom. The van der Waals surface area contributed by atoms with Gasteiger partial charge >= 0.3 is 0 Å². The van der Waals surface area contributed by atoms with E-state index in [-0.39, 0.29) is 0 Å². The summed E-state index contributed by atoms with van der Waals surface area (Å²) in [5, 5.41) is 5.19. The summed E-state index contributed by atoms with van der Waals surface area (Å²) in [5.41, 5.74) is 3.99. The van der Waals surface area contributed by atoms with Gasteiger partial charge in [0.2, 0.25) is 11.7 Å². The molecule has 4 nitrogen and oxygen atoms in total. The summed E-state index contributed by atoms with van der Waals surface area (Å²) in [4.78, 5) is 9.11. The van der Waals surface area contributed by atoms with Crippen LogP contribution >= 0.6 is 0 Å². The first-order valence-corrected chi connectivity index (χ1v) is 7.53. The van der Waals surface area contributed by atoms with Gasteiger partial charge in [-0.3, -0.25) is 4.98 Å². The molecule has 0 atom stereocenters. The van der Waals surface area contributed by atoms with Gasteiger partial charge < -0.3 is 4.52 Å². The second-order valence-electron chi connectivity index (χ2n) is 5.50. The number of hydrogen-bond acceptors (Lipinski definition) is 4. The first-order chi connectivity index (χ1) is 11.3. The zero-order valence-electron chi connectivity index (χ0n) is 12.7. The molecule has 0 N–H and O–H groups in total. The number of fused-ring (bicyclic) bond motifs is 1. The summed E-state index contributed by atoms with van der Waals surface area (Å²) in [6.45, 7) is 1.97. The fourth-order valence-electron chi connectivity index (χ4n) is 2.70. The Balaban J connectivity index is 1.75. The van der Waals surface area contributed by atoms with E-state index >= 15 is 0 Å². The molecule has 2 aromatic heterocycles. The molecule has 4 rings (SSSR count). The van der Waals surface area contributed by atoms with Gasteiger partial charge in [0.25, 0.3) is 0 Å². The molecular formula is C19H15N3O. The Labute approximate surface area is 133 Å². The van der Waals surface area contributed by atoms with Crippen molar-refractivity contribution in [3.8, 4) is 11.4 Å². The van der Waals surface area contributed by atoms with E-state index in [0.29, 0.717) is 18.1 Å². The molecule has 0 aliphatic carbocycles. The van der Waals surface area contributed by atoms with Crippen LogP contribution < -0.4 is 0 Å². The SMILES string of the molecule is Cc1cc(-c2noc(Cc3ccccc3)n2)c2ccccc2n1. The highest BCUT2D eigenvalue weighted by atomic mass is 16.5. The minimum absolute atomic E-state index is 0.609. The average molecular weight is 301 g/mol. The van der Waals surface area contributed by atoms with Crippen LogP contribution in [0.5, 0.6) is 0 Å². The third-order valence-electron chi connectivity index (χ3n) is 3.75. The fraction of sp³-hybridized carbons (Fsp3) is 0.105. The third kappa shape index (κ3) is 2.71. The van der Waals surface area contributed by atoms with Crippen molar-refractivity contribution in [1.29, 1.82) is 0 Å². The zero-order chi connectivity index (χ0) is 15.6. The molecule has 0 radical (unpaired) electrons. The lowest BCUT2D eigenvalue weighted by Gasteiger charge is -2.03. The zero-order valence-corrected chi connectivity index (χ0v) is 12.7. The lowest BCUT2D eigenvalue weighted by Crippen LogP contribution is -1.91. The van der Waals surface area contributed by atoms with Crippen molar-refractivity contribution in [2.75, 3.05) is 0 Å². The number of benzene rings is 2. The summed E-state index contributed by atoms with van der Waals surface area (Å²) in [5.74, 6) is 1.22. The lowest BCUT2D eigenvalue weighted by atomic mass is 10.1. The summed E-state index contributed by atoms with van der Waals surface area (Å²) < 4.78 is 5.43. The van der Waals surface area contributed by atoms with Crippen molar-refractivity contribution in [2.45, 2.75) is 13.3 Å². The smallest absolute Gasteiger partial charge is 0.231 e. The Morgan fingerprint density at radius 2 is 1.70 bits per heavy atom. The normalized spacial score (nSPS) is 11.0. The second kappa shape index (κ2) is 5.65. The molecule has 0 aliphatic rings. The van der Waals surface area contributed by atoms with Crippen LogP contribution in [-0.2, 0) is 6.42 Å². The maximum Gasteiger partial charge on any atom is 0.231 e. The molecule has 0 bridgehead atoms. The number of aryl methyl sites for hydroxylation is 1. The molecule has 0 unspecified atom stereocenters. The number of rotatable bonds is 3. The molecule has 4 aromatic rings.